The normalized spacial score (nSPS) is 14.5. The summed E-state index contributed by atoms with van der Waals surface area (Å²) in [5, 5.41) is 8.21. The average molecular weight is 284 g/mol. The molecule has 0 amide bonds. The molecule has 0 saturated carbocycles. The number of fused-ring (bicyclic) bond motifs is 1. The fourth-order valence-electron chi connectivity index (χ4n) is 2.63. The molecule has 1 aromatic carbocycles. The third kappa shape index (κ3) is 2.49. The lowest BCUT2D eigenvalue weighted by Crippen LogP contribution is -2.30. The minimum atomic E-state index is 0.372. The number of hydrogen-bond acceptors (Lipinski definition) is 4. The highest BCUT2D eigenvalue weighted by Crippen LogP contribution is 2.21. The molecule has 0 aliphatic carbocycles. The molecule has 0 bridgehead atoms. The molecular formula is C15H16N4S. The molecule has 0 atom stereocenters. The van der Waals surface area contributed by atoms with Crippen molar-refractivity contribution < 1.29 is 0 Å². The monoisotopic (exact) mass is 284 g/mol. The third-order valence-corrected chi connectivity index (χ3v) is 3.91. The standard InChI is InChI=1S/C15H16N4S/c16-14(20)13-5-8-17-18-15(13)19-9-6-11-3-1-2-4-12(11)7-10-19/h1-5,8H,6-7,9-10H2,(H2,16,20). The van der Waals surface area contributed by atoms with Gasteiger partial charge in [-0.2, -0.15) is 5.10 Å². The van der Waals surface area contributed by atoms with Gasteiger partial charge in [-0.3, -0.25) is 0 Å². The van der Waals surface area contributed by atoms with E-state index >= 15 is 0 Å². The predicted molar refractivity (Wildman–Crippen MR) is 84.0 cm³/mol. The Bertz CT molecular complexity index is 614. The predicted octanol–water partition coefficient (Wildman–Crippen LogP) is 1.72. The maximum absolute atomic E-state index is 5.78. The molecule has 0 spiro atoms. The van der Waals surface area contributed by atoms with Gasteiger partial charge < -0.3 is 10.6 Å². The molecule has 0 fully saturated rings. The molecule has 4 nitrogen and oxygen atoms in total. The van der Waals surface area contributed by atoms with E-state index in [-0.39, 0.29) is 0 Å². The molecule has 102 valence electrons. The summed E-state index contributed by atoms with van der Waals surface area (Å²) in [5.41, 5.74) is 9.41. The molecule has 2 N–H and O–H groups in total. The highest BCUT2D eigenvalue weighted by atomic mass is 32.1. The van der Waals surface area contributed by atoms with E-state index in [1.165, 1.54) is 11.1 Å². The van der Waals surface area contributed by atoms with Crippen LogP contribution in [0.5, 0.6) is 0 Å². The quantitative estimate of drug-likeness (QED) is 0.851. The second kappa shape index (κ2) is 5.54. The van der Waals surface area contributed by atoms with Crippen molar-refractivity contribution in [3.63, 3.8) is 0 Å². The van der Waals surface area contributed by atoms with Crippen LogP contribution in [-0.2, 0) is 12.8 Å². The van der Waals surface area contributed by atoms with Gasteiger partial charge in [0, 0.05) is 13.1 Å². The van der Waals surface area contributed by atoms with E-state index in [0.29, 0.717) is 4.99 Å². The van der Waals surface area contributed by atoms with Crippen LogP contribution >= 0.6 is 12.2 Å². The van der Waals surface area contributed by atoms with Crippen LogP contribution in [0.3, 0.4) is 0 Å². The first-order chi connectivity index (χ1) is 9.75. The Morgan fingerprint density at radius 1 is 1.10 bits per heavy atom. The van der Waals surface area contributed by atoms with Gasteiger partial charge in [-0.05, 0) is 30.0 Å². The van der Waals surface area contributed by atoms with E-state index < -0.39 is 0 Å². The Morgan fingerprint density at radius 2 is 1.75 bits per heavy atom. The Labute approximate surface area is 123 Å². The third-order valence-electron chi connectivity index (χ3n) is 3.69. The fraction of sp³-hybridized carbons (Fsp3) is 0.267. The minimum Gasteiger partial charge on any atom is -0.389 e. The first-order valence-electron chi connectivity index (χ1n) is 6.69. The van der Waals surface area contributed by atoms with Crippen LogP contribution in [0.2, 0.25) is 0 Å². The molecule has 5 heteroatoms. The molecule has 0 radical (unpaired) electrons. The largest absolute Gasteiger partial charge is 0.389 e. The molecule has 1 aliphatic rings. The van der Waals surface area contributed by atoms with Gasteiger partial charge in [-0.1, -0.05) is 36.5 Å². The summed E-state index contributed by atoms with van der Waals surface area (Å²) in [4.78, 5) is 2.60. The molecule has 3 rings (SSSR count). The zero-order valence-electron chi connectivity index (χ0n) is 11.1. The topological polar surface area (TPSA) is 55.0 Å². The second-order valence-corrected chi connectivity index (χ2v) is 5.33. The van der Waals surface area contributed by atoms with Crippen LogP contribution in [-0.4, -0.2) is 28.3 Å². The van der Waals surface area contributed by atoms with Crippen molar-refractivity contribution in [1.82, 2.24) is 10.2 Å². The summed E-state index contributed by atoms with van der Waals surface area (Å²) < 4.78 is 0. The van der Waals surface area contributed by atoms with E-state index in [1.807, 2.05) is 6.07 Å². The molecule has 20 heavy (non-hydrogen) atoms. The zero-order valence-corrected chi connectivity index (χ0v) is 11.9. The number of thiocarbonyl (C=S) groups is 1. The average Bonchev–Trinajstić information content (AvgIpc) is 2.70. The highest BCUT2D eigenvalue weighted by Gasteiger charge is 2.18. The molecule has 2 heterocycles. The van der Waals surface area contributed by atoms with Gasteiger partial charge >= 0.3 is 0 Å². The molecule has 0 saturated heterocycles. The van der Waals surface area contributed by atoms with Crippen LogP contribution < -0.4 is 10.6 Å². The summed E-state index contributed by atoms with van der Waals surface area (Å²) >= 11 is 5.11. The van der Waals surface area contributed by atoms with Crippen molar-refractivity contribution in [2.75, 3.05) is 18.0 Å². The smallest absolute Gasteiger partial charge is 0.161 e. The van der Waals surface area contributed by atoms with Gasteiger partial charge in [-0.15, -0.1) is 5.10 Å². The van der Waals surface area contributed by atoms with E-state index in [4.69, 9.17) is 18.0 Å². The molecule has 0 unspecified atom stereocenters. The molecule has 1 aliphatic heterocycles. The van der Waals surface area contributed by atoms with Crippen LogP contribution in [0.15, 0.2) is 36.5 Å². The van der Waals surface area contributed by atoms with Gasteiger partial charge in [0.2, 0.25) is 0 Å². The number of anilines is 1. The Morgan fingerprint density at radius 3 is 2.35 bits per heavy atom. The summed E-state index contributed by atoms with van der Waals surface area (Å²) in [6, 6.07) is 10.4. The molecule has 2 aromatic rings. The van der Waals surface area contributed by atoms with Crippen LogP contribution in [0.25, 0.3) is 0 Å². The zero-order chi connectivity index (χ0) is 13.9. The number of nitrogens with two attached hydrogens (primary N) is 1. The summed E-state index contributed by atoms with van der Waals surface area (Å²) in [7, 11) is 0. The van der Waals surface area contributed by atoms with Crippen molar-refractivity contribution in [3.05, 3.63) is 53.2 Å². The van der Waals surface area contributed by atoms with Crippen molar-refractivity contribution in [3.8, 4) is 0 Å². The second-order valence-electron chi connectivity index (χ2n) is 4.89. The fourth-order valence-corrected chi connectivity index (χ4v) is 2.79. The number of benzene rings is 1. The van der Waals surface area contributed by atoms with Gasteiger partial charge in [-0.25, -0.2) is 0 Å². The van der Waals surface area contributed by atoms with E-state index in [2.05, 4.69) is 39.4 Å². The lowest BCUT2D eigenvalue weighted by atomic mass is 10.0. The van der Waals surface area contributed by atoms with E-state index in [0.717, 1.165) is 37.3 Å². The minimum absolute atomic E-state index is 0.372. The maximum Gasteiger partial charge on any atom is 0.161 e. The molecular weight excluding hydrogens is 268 g/mol. The van der Waals surface area contributed by atoms with E-state index in [9.17, 15) is 0 Å². The summed E-state index contributed by atoms with van der Waals surface area (Å²) in [6.45, 7) is 1.82. The Kier molecular flexibility index (Phi) is 3.60. The maximum atomic E-state index is 5.78. The highest BCUT2D eigenvalue weighted by molar-refractivity contribution is 7.80. The van der Waals surface area contributed by atoms with Gasteiger partial charge in [0.05, 0.1) is 11.8 Å². The van der Waals surface area contributed by atoms with Crippen LogP contribution in [0.1, 0.15) is 16.7 Å². The lowest BCUT2D eigenvalue weighted by Gasteiger charge is -2.22. The first-order valence-corrected chi connectivity index (χ1v) is 7.10. The van der Waals surface area contributed by atoms with Crippen LogP contribution in [0, 0.1) is 0 Å². The van der Waals surface area contributed by atoms with Crippen molar-refractivity contribution >= 4 is 23.0 Å². The first kappa shape index (κ1) is 13.0. The van der Waals surface area contributed by atoms with E-state index in [1.54, 1.807) is 6.20 Å². The molecule has 1 aromatic heterocycles. The summed E-state index contributed by atoms with van der Waals surface area (Å²) in [5.74, 6) is 0.799. The number of aromatic nitrogens is 2. The van der Waals surface area contributed by atoms with Gasteiger partial charge in [0.25, 0.3) is 0 Å². The summed E-state index contributed by atoms with van der Waals surface area (Å²) in [6.07, 6.45) is 3.64. The van der Waals surface area contributed by atoms with Crippen molar-refractivity contribution in [2.45, 2.75) is 12.8 Å². The SMILES string of the molecule is NC(=S)c1ccnnc1N1CCc2ccccc2CC1. The Hall–Kier alpha value is -2.01. The number of rotatable bonds is 2. The lowest BCUT2D eigenvalue weighted by molar-refractivity contribution is 0.776. The Balaban J connectivity index is 1.89. The number of hydrogen-bond donors (Lipinski definition) is 1. The van der Waals surface area contributed by atoms with Crippen molar-refractivity contribution in [2.24, 2.45) is 5.73 Å². The van der Waals surface area contributed by atoms with Crippen molar-refractivity contribution in [1.29, 1.82) is 0 Å². The number of nitrogens with zero attached hydrogens (tertiary/aromatic N) is 3. The van der Waals surface area contributed by atoms with Crippen LogP contribution in [0.4, 0.5) is 5.82 Å². The van der Waals surface area contributed by atoms with Gasteiger partial charge in [0.15, 0.2) is 5.82 Å². The van der Waals surface area contributed by atoms with Gasteiger partial charge in [0.1, 0.15) is 4.99 Å².